The number of nitrogens with zero attached hydrogens (tertiary/aromatic N) is 4. The lowest BCUT2D eigenvalue weighted by Gasteiger charge is -2.34. The highest BCUT2D eigenvalue weighted by molar-refractivity contribution is 6.30. The summed E-state index contributed by atoms with van der Waals surface area (Å²) in [6, 6.07) is 5.66. The first-order chi connectivity index (χ1) is 18.5. The lowest BCUT2D eigenvalue weighted by molar-refractivity contribution is -0.149. The maximum absolute atomic E-state index is 14.2. The minimum absolute atomic E-state index is 0. The number of nitrogens with one attached hydrogen (secondary N) is 1. The van der Waals surface area contributed by atoms with Gasteiger partial charge < -0.3 is 20.9 Å². The van der Waals surface area contributed by atoms with Crippen LogP contribution in [0.15, 0.2) is 42.6 Å². The number of benzene rings is 2. The van der Waals surface area contributed by atoms with Gasteiger partial charge in [-0.1, -0.05) is 11.6 Å². The van der Waals surface area contributed by atoms with Crippen molar-refractivity contribution in [2.45, 2.75) is 43.2 Å². The van der Waals surface area contributed by atoms with Crippen LogP contribution < -0.4 is 16.0 Å². The number of halogens is 5. The number of anilines is 1. The van der Waals surface area contributed by atoms with Crippen LogP contribution in [0, 0.1) is 17.5 Å². The lowest BCUT2D eigenvalue weighted by Crippen LogP contribution is -2.52. The zero-order valence-electron chi connectivity index (χ0n) is 20.8. The second-order valence-corrected chi connectivity index (χ2v) is 9.96. The third-order valence-corrected chi connectivity index (χ3v) is 7.03. The summed E-state index contributed by atoms with van der Waals surface area (Å²) in [7, 11) is 0. The predicted octanol–water partition coefficient (Wildman–Crippen LogP) is 2.58. The number of rotatable bonds is 6. The average molecular weight is 601 g/mol. The number of hydrogen-bond donors (Lipinski definition) is 3. The number of hydrogen-bond acceptors (Lipinski definition) is 7. The van der Waals surface area contributed by atoms with Crippen LogP contribution in [-0.2, 0) is 20.9 Å². The molecule has 15 heteroatoms. The van der Waals surface area contributed by atoms with Gasteiger partial charge in [-0.2, -0.15) is 9.90 Å². The van der Waals surface area contributed by atoms with Gasteiger partial charge in [-0.25, -0.2) is 13.2 Å². The summed E-state index contributed by atoms with van der Waals surface area (Å²) in [6.45, 7) is -0.105. The SMILES string of the molecule is Cl.N[C@H]1C[C@@H](n2ncc(N3CC[C@](O)(C(=O)NCc4cc(F)cc(Cl)c4)C3=O)n2)CO[C@@H]1c1cc(F)ccc1F. The van der Waals surface area contributed by atoms with Gasteiger partial charge in [0.15, 0.2) is 5.82 Å². The summed E-state index contributed by atoms with van der Waals surface area (Å²) in [5.74, 6) is -3.54. The first-order valence-electron chi connectivity index (χ1n) is 12.1. The molecule has 0 unspecified atom stereocenters. The predicted molar refractivity (Wildman–Crippen MR) is 139 cm³/mol. The summed E-state index contributed by atoms with van der Waals surface area (Å²) < 4.78 is 47.1. The van der Waals surface area contributed by atoms with E-state index in [-0.39, 0.29) is 61.3 Å². The van der Waals surface area contributed by atoms with Crippen molar-refractivity contribution in [2.24, 2.45) is 5.73 Å². The van der Waals surface area contributed by atoms with Crippen LogP contribution in [0.3, 0.4) is 0 Å². The molecule has 2 aliphatic heterocycles. The molecule has 3 heterocycles. The Morgan fingerprint density at radius 1 is 1.23 bits per heavy atom. The van der Waals surface area contributed by atoms with Gasteiger partial charge in [-0.05, 0) is 48.4 Å². The zero-order chi connectivity index (χ0) is 27.9. The molecule has 2 aliphatic rings. The van der Waals surface area contributed by atoms with Crippen LogP contribution in [0.25, 0.3) is 0 Å². The maximum atomic E-state index is 14.2. The van der Waals surface area contributed by atoms with E-state index in [1.54, 1.807) is 0 Å². The van der Waals surface area contributed by atoms with Crippen molar-refractivity contribution in [3.63, 3.8) is 0 Å². The third kappa shape index (κ3) is 5.79. The van der Waals surface area contributed by atoms with Gasteiger partial charge in [0, 0.05) is 36.1 Å². The molecule has 2 aromatic carbocycles. The van der Waals surface area contributed by atoms with Crippen molar-refractivity contribution >= 4 is 41.6 Å². The molecule has 0 saturated carbocycles. The Morgan fingerprint density at radius 2 is 2.00 bits per heavy atom. The minimum Gasteiger partial charge on any atom is -0.372 e. The molecule has 0 radical (unpaired) electrons. The molecule has 3 aromatic rings. The van der Waals surface area contributed by atoms with E-state index in [1.165, 1.54) is 23.1 Å². The van der Waals surface area contributed by atoms with E-state index < -0.39 is 53.1 Å². The Balaban J connectivity index is 0.00000370. The second kappa shape index (κ2) is 11.7. The fourth-order valence-corrected chi connectivity index (χ4v) is 5.05. The molecular formula is C25H25Cl2F3N6O4. The number of carbonyl (C=O) groups excluding carboxylic acids is 2. The standard InChI is InChI=1S/C25H24ClF3N6O4.ClH/c26-14-5-13(6-16(28)7-14)10-31-23(36)25(38)3-4-34(24(25)37)21-11-32-35(33-21)17-9-20(30)22(39-12-17)18-8-15(27)1-2-19(18)29;/h1-2,5-8,11,17,20,22,38H,3-4,9-10,12,30H2,(H,31,36);1H/t17-,20+,22-,25+;/m1./s1. The molecule has 40 heavy (non-hydrogen) atoms. The molecule has 0 bridgehead atoms. The lowest BCUT2D eigenvalue weighted by atomic mass is 9.94. The second-order valence-electron chi connectivity index (χ2n) is 9.52. The van der Waals surface area contributed by atoms with Crippen LogP contribution in [0.4, 0.5) is 19.0 Å². The molecule has 2 fully saturated rings. The highest BCUT2D eigenvalue weighted by atomic mass is 35.5. The monoisotopic (exact) mass is 600 g/mol. The van der Waals surface area contributed by atoms with Crippen molar-refractivity contribution in [3.05, 3.63) is 76.2 Å². The van der Waals surface area contributed by atoms with E-state index in [4.69, 9.17) is 22.1 Å². The molecular weight excluding hydrogens is 576 g/mol. The largest absolute Gasteiger partial charge is 0.372 e. The van der Waals surface area contributed by atoms with E-state index in [0.29, 0.717) is 5.56 Å². The van der Waals surface area contributed by atoms with Gasteiger partial charge >= 0.3 is 0 Å². The third-order valence-electron chi connectivity index (χ3n) is 6.81. The smallest absolute Gasteiger partial charge is 0.270 e. The van der Waals surface area contributed by atoms with E-state index in [2.05, 4.69) is 15.5 Å². The quantitative estimate of drug-likeness (QED) is 0.370. The summed E-state index contributed by atoms with van der Waals surface area (Å²) in [5.41, 5.74) is 4.25. The molecule has 2 amide bonds. The first-order valence-corrected chi connectivity index (χ1v) is 12.4. The average Bonchev–Trinajstić information content (AvgIpc) is 3.49. The van der Waals surface area contributed by atoms with E-state index in [0.717, 1.165) is 29.2 Å². The van der Waals surface area contributed by atoms with Gasteiger partial charge in [0.1, 0.15) is 23.6 Å². The Bertz CT molecular complexity index is 1410. The number of aromatic nitrogens is 3. The number of nitrogens with two attached hydrogens (primary N) is 1. The Labute approximate surface area is 237 Å². The summed E-state index contributed by atoms with van der Waals surface area (Å²) >= 11 is 5.82. The van der Waals surface area contributed by atoms with Crippen molar-refractivity contribution in [1.82, 2.24) is 20.3 Å². The Morgan fingerprint density at radius 3 is 2.73 bits per heavy atom. The van der Waals surface area contributed by atoms with Crippen molar-refractivity contribution < 1.29 is 32.6 Å². The number of amides is 2. The molecule has 2 saturated heterocycles. The van der Waals surface area contributed by atoms with Gasteiger partial charge in [-0.3, -0.25) is 14.5 Å². The van der Waals surface area contributed by atoms with Gasteiger partial charge in [0.2, 0.25) is 5.60 Å². The van der Waals surface area contributed by atoms with Crippen LogP contribution in [0.1, 0.15) is 36.1 Å². The fraction of sp³-hybridized carbons (Fsp3) is 0.360. The number of carbonyl (C=O) groups is 2. The van der Waals surface area contributed by atoms with E-state index >= 15 is 0 Å². The summed E-state index contributed by atoms with van der Waals surface area (Å²) in [6.07, 6.45) is 0.524. The molecule has 4 atom stereocenters. The molecule has 1 aromatic heterocycles. The fourth-order valence-electron chi connectivity index (χ4n) is 4.80. The minimum atomic E-state index is -2.35. The molecule has 0 aliphatic carbocycles. The topological polar surface area (TPSA) is 136 Å². The maximum Gasteiger partial charge on any atom is 0.270 e. The highest BCUT2D eigenvalue weighted by Crippen LogP contribution is 2.34. The van der Waals surface area contributed by atoms with Gasteiger partial charge in [0.05, 0.1) is 18.8 Å². The van der Waals surface area contributed by atoms with Crippen molar-refractivity contribution in [3.8, 4) is 0 Å². The Kier molecular flexibility index (Phi) is 8.71. The molecule has 4 N–H and O–H groups in total. The van der Waals surface area contributed by atoms with Crippen LogP contribution >= 0.6 is 24.0 Å². The Hall–Kier alpha value is -3.23. The number of ether oxygens (including phenoxy) is 1. The summed E-state index contributed by atoms with van der Waals surface area (Å²) in [5, 5.41) is 21.9. The van der Waals surface area contributed by atoms with Gasteiger partial charge in [-0.15, -0.1) is 17.5 Å². The number of aliphatic hydroxyl groups is 1. The normalized spacial score (nSPS) is 24.6. The zero-order valence-corrected chi connectivity index (χ0v) is 22.3. The molecule has 214 valence electrons. The highest BCUT2D eigenvalue weighted by Gasteiger charge is 2.52. The van der Waals surface area contributed by atoms with E-state index in [1.807, 2.05) is 0 Å². The first kappa shape index (κ1) is 29.7. The van der Waals surface area contributed by atoms with Crippen LogP contribution in [0.5, 0.6) is 0 Å². The molecule has 10 nitrogen and oxygen atoms in total. The van der Waals surface area contributed by atoms with Crippen LogP contribution in [-0.4, -0.2) is 56.7 Å². The molecule has 5 rings (SSSR count). The van der Waals surface area contributed by atoms with Crippen molar-refractivity contribution in [2.75, 3.05) is 18.1 Å². The van der Waals surface area contributed by atoms with Crippen LogP contribution in [0.2, 0.25) is 5.02 Å². The van der Waals surface area contributed by atoms with E-state index in [9.17, 15) is 27.9 Å². The van der Waals surface area contributed by atoms with Gasteiger partial charge in [0.25, 0.3) is 11.8 Å². The molecule has 0 spiro atoms. The summed E-state index contributed by atoms with van der Waals surface area (Å²) in [4.78, 5) is 28.2. The van der Waals surface area contributed by atoms with Crippen molar-refractivity contribution in [1.29, 1.82) is 0 Å².